The SMILES string of the molecule is CC(=O)NCCCS(=O)(=O)OCC(C)(C)[C@@H](O)C(=O)OC(C)OC(=O)CO. The standard InChI is InChI=1S/C15H27NO10S/c1-10(18)16-6-5-7-27(22,23)24-9-15(3,4)13(20)14(21)26-11(2)25-12(19)8-17/h11,13,17,20H,5-9H2,1-4H3,(H,16,18)/t11?,13-/m0/s1. The second-order valence-electron chi connectivity index (χ2n) is 6.40. The normalized spacial score (nSPS) is 14.1. The molecule has 11 nitrogen and oxygen atoms in total. The predicted molar refractivity (Wildman–Crippen MR) is 91.6 cm³/mol. The van der Waals surface area contributed by atoms with Gasteiger partial charge in [-0.3, -0.25) is 8.98 Å². The molecule has 0 spiro atoms. The fourth-order valence-corrected chi connectivity index (χ4v) is 2.79. The van der Waals surface area contributed by atoms with Crippen LogP contribution in [-0.2, 0) is 38.2 Å². The van der Waals surface area contributed by atoms with Crippen LogP contribution < -0.4 is 5.32 Å². The summed E-state index contributed by atoms with van der Waals surface area (Å²) in [5.41, 5.74) is -1.33. The van der Waals surface area contributed by atoms with Crippen molar-refractivity contribution in [2.75, 3.05) is 25.5 Å². The van der Waals surface area contributed by atoms with E-state index in [4.69, 9.17) is 14.0 Å². The second kappa shape index (κ2) is 11.2. The lowest BCUT2D eigenvalue weighted by atomic mass is 9.88. The van der Waals surface area contributed by atoms with Crippen molar-refractivity contribution in [1.29, 1.82) is 0 Å². The Bertz CT molecular complexity index is 616. The summed E-state index contributed by atoms with van der Waals surface area (Å²) in [4.78, 5) is 33.5. The molecule has 0 heterocycles. The Kier molecular flexibility index (Phi) is 10.4. The molecule has 0 fully saturated rings. The van der Waals surface area contributed by atoms with Crippen LogP contribution in [0.15, 0.2) is 0 Å². The molecule has 0 aliphatic carbocycles. The van der Waals surface area contributed by atoms with Gasteiger partial charge in [0.2, 0.25) is 12.2 Å². The van der Waals surface area contributed by atoms with E-state index < -0.39 is 53.1 Å². The van der Waals surface area contributed by atoms with Gasteiger partial charge in [0.25, 0.3) is 10.1 Å². The zero-order chi connectivity index (χ0) is 21.3. The van der Waals surface area contributed by atoms with E-state index in [1.165, 1.54) is 27.7 Å². The van der Waals surface area contributed by atoms with Gasteiger partial charge in [0, 0.05) is 25.8 Å². The van der Waals surface area contributed by atoms with Crippen molar-refractivity contribution in [2.24, 2.45) is 5.41 Å². The van der Waals surface area contributed by atoms with Gasteiger partial charge in [0.05, 0.1) is 12.4 Å². The van der Waals surface area contributed by atoms with Gasteiger partial charge in [-0.1, -0.05) is 13.8 Å². The van der Waals surface area contributed by atoms with E-state index in [-0.39, 0.29) is 24.6 Å². The van der Waals surface area contributed by atoms with E-state index >= 15 is 0 Å². The highest BCUT2D eigenvalue weighted by Crippen LogP contribution is 2.24. The summed E-state index contributed by atoms with van der Waals surface area (Å²) in [5, 5.41) is 21.1. The zero-order valence-corrected chi connectivity index (χ0v) is 16.6. The topological polar surface area (TPSA) is 166 Å². The predicted octanol–water partition coefficient (Wildman–Crippen LogP) is -1.33. The number of hydrogen-bond acceptors (Lipinski definition) is 10. The first-order valence-corrected chi connectivity index (χ1v) is 9.69. The molecule has 0 aromatic carbocycles. The molecule has 0 rings (SSSR count). The molecule has 0 aromatic rings. The summed E-state index contributed by atoms with van der Waals surface area (Å²) < 4.78 is 37.7. The van der Waals surface area contributed by atoms with Crippen LogP contribution in [0.4, 0.5) is 0 Å². The lowest BCUT2D eigenvalue weighted by Gasteiger charge is -2.29. The molecule has 1 unspecified atom stereocenters. The number of hydrogen-bond donors (Lipinski definition) is 3. The maximum absolute atomic E-state index is 11.9. The fraction of sp³-hybridized carbons (Fsp3) is 0.800. The molecule has 12 heteroatoms. The van der Waals surface area contributed by atoms with E-state index in [0.717, 1.165) is 0 Å². The van der Waals surface area contributed by atoms with Crippen molar-refractivity contribution in [1.82, 2.24) is 5.32 Å². The Labute approximate surface area is 158 Å². The molecular weight excluding hydrogens is 386 g/mol. The number of carbonyl (C=O) groups excluding carboxylic acids is 3. The van der Waals surface area contributed by atoms with Crippen LogP contribution in [0.3, 0.4) is 0 Å². The van der Waals surface area contributed by atoms with Gasteiger partial charge in [-0.15, -0.1) is 0 Å². The first-order valence-electron chi connectivity index (χ1n) is 8.11. The summed E-state index contributed by atoms with van der Waals surface area (Å²) in [5.74, 6) is -2.80. The van der Waals surface area contributed by atoms with Gasteiger partial charge < -0.3 is 25.0 Å². The third kappa shape index (κ3) is 10.9. The molecule has 0 aromatic heterocycles. The van der Waals surface area contributed by atoms with Crippen molar-refractivity contribution in [3.05, 3.63) is 0 Å². The highest BCUT2D eigenvalue weighted by Gasteiger charge is 2.37. The van der Waals surface area contributed by atoms with Gasteiger partial charge in [-0.2, -0.15) is 8.42 Å². The van der Waals surface area contributed by atoms with Crippen molar-refractivity contribution in [3.8, 4) is 0 Å². The highest BCUT2D eigenvalue weighted by molar-refractivity contribution is 7.86. The van der Waals surface area contributed by atoms with E-state index in [1.807, 2.05) is 0 Å². The number of carbonyl (C=O) groups is 3. The van der Waals surface area contributed by atoms with Crippen molar-refractivity contribution < 1.29 is 46.7 Å². The third-order valence-electron chi connectivity index (χ3n) is 3.23. The molecule has 0 saturated carbocycles. The number of esters is 2. The van der Waals surface area contributed by atoms with E-state index in [0.29, 0.717) is 0 Å². The zero-order valence-electron chi connectivity index (χ0n) is 15.8. The van der Waals surface area contributed by atoms with Crippen LogP contribution in [0.2, 0.25) is 0 Å². The lowest BCUT2D eigenvalue weighted by Crippen LogP contribution is -2.43. The molecule has 27 heavy (non-hydrogen) atoms. The van der Waals surface area contributed by atoms with E-state index in [9.17, 15) is 27.9 Å². The monoisotopic (exact) mass is 413 g/mol. The Hall–Kier alpha value is -1.76. The molecule has 0 saturated heterocycles. The maximum atomic E-state index is 11.9. The molecule has 0 bridgehead atoms. The van der Waals surface area contributed by atoms with Crippen LogP contribution in [-0.4, -0.2) is 74.4 Å². The minimum atomic E-state index is -3.93. The van der Waals surface area contributed by atoms with Crippen LogP contribution in [0.1, 0.15) is 34.1 Å². The van der Waals surface area contributed by atoms with Crippen molar-refractivity contribution in [3.63, 3.8) is 0 Å². The van der Waals surface area contributed by atoms with E-state index in [1.54, 1.807) is 0 Å². The minimum absolute atomic E-state index is 0.140. The molecule has 0 radical (unpaired) electrons. The first-order chi connectivity index (χ1) is 12.3. The van der Waals surface area contributed by atoms with Crippen LogP contribution in [0.25, 0.3) is 0 Å². The molecule has 158 valence electrons. The second-order valence-corrected chi connectivity index (χ2v) is 8.16. The molecule has 3 N–H and O–H groups in total. The molecule has 0 aliphatic heterocycles. The summed E-state index contributed by atoms with van der Waals surface area (Å²) in [7, 11) is -3.93. The number of aliphatic hydroxyl groups excluding tert-OH is 2. The number of aliphatic hydroxyl groups is 2. The number of nitrogens with one attached hydrogen (secondary N) is 1. The van der Waals surface area contributed by atoms with Gasteiger partial charge in [-0.05, 0) is 6.42 Å². The van der Waals surface area contributed by atoms with Gasteiger partial charge in [-0.25, -0.2) is 9.59 Å². The third-order valence-corrected chi connectivity index (χ3v) is 4.49. The molecule has 1 amide bonds. The molecule has 0 aliphatic rings. The van der Waals surface area contributed by atoms with Crippen LogP contribution in [0.5, 0.6) is 0 Å². The quantitative estimate of drug-likeness (QED) is 0.151. The average Bonchev–Trinajstić information content (AvgIpc) is 2.56. The number of amides is 1. The summed E-state index contributed by atoms with van der Waals surface area (Å²) in [6.07, 6.45) is -2.97. The maximum Gasteiger partial charge on any atom is 0.338 e. The smallest absolute Gasteiger partial charge is 0.338 e. The van der Waals surface area contributed by atoms with Crippen LogP contribution in [0, 0.1) is 5.41 Å². The van der Waals surface area contributed by atoms with Gasteiger partial charge in [0.1, 0.15) is 6.61 Å². The summed E-state index contributed by atoms with van der Waals surface area (Å²) >= 11 is 0. The number of rotatable bonds is 12. The number of ether oxygens (including phenoxy) is 2. The fourth-order valence-electron chi connectivity index (χ4n) is 1.69. The summed E-state index contributed by atoms with van der Waals surface area (Å²) in [6.45, 7) is 4.05. The average molecular weight is 413 g/mol. The summed E-state index contributed by atoms with van der Waals surface area (Å²) in [6, 6.07) is 0. The van der Waals surface area contributed by atoms with Gasteiger partial charge in [0.15, 0.2) is 6.10 Å². The lowest BCUT2D eigenvalue weighted by molar-refractivity contribution is -0.196. The van der Waals surface area contributed by atoms with Crippen LogP contribution >= 0.6 is 0 Å². The largest absolute Gasteiger partial charge is 0.424 e. The molecular formula is C15H27NO10S. The Morgan fingerprint density at radius 2 is 1.78 bits per heavy atom. The Balaban J connectivity index is 4.55. The van der Waals surface area contributed by atoms with Gasteiger partial charge >= 0.3 is 11.9 Å². The first kappa shape index (κ1) is 25.2. The minimum Gasteiger partial charge on any atom is -0.424 e. The van der Waals surface area contributed by atoms with Crippen molar-refractivity contribution in [2.45, 2.75) is 46.5 Å². The highest BCUT2D eigenvalue weighted by atomic mass is 32.2. The van der Waals surface area contributed by atoms with E-state index in [2.05, 4.69) is 10.1 Å². The Morgan fingerprint density at radius 3 is 2.30 bits per heavy atom. The Morgan fingerprint density at radius 1 is 1.19 bits per heavy atom. The van der Waals surface area contributed by atoms with Crippen molar-refractivity contribution >= 4 is 28.0 Å². The molecule has 2 atom stereocenters.